The van der Waals surface area contributed by atoms with Gasteiger partial charge in [-0.05, 0) is 42.6 Å². The monoisotopic (exact) mass is 284 g/mol. The number of nitriles is 1. The third kappa shape index (κ3) is 3.41. The standard InChI is InChI=1S/C16H20N4O/c17-6-5-12-1-3-15(4-2-12)19-16(21)11-20-9-13-7-18-8-14(13)10-20/h1-4,13-14,18H,5,7-11H2,(H,19,21). The lowest BCUT2D eigenvalue weighted by Crippen LogP contribution is -2.33. The quantitative estimate of drug-likeness (QED) is 0.860. The van der Waals surface area contributed by atoms with Crippen LogP contribution in [0, 0.1) is 23.2 Å². The maximum Gasteiger partial charge on any atom is 0.238 e. The van der Waals surface area contributed by atoms with Crippen molar-refractivity contribution in [2.45, 2.75) is 6.42 Å². The number of nitrogens with one attached hydrogen (secondary N) is 2. The summed E-state index contributed by atoms with van der Waals surface area (Å²) in [6.07, 6.45) is 0.402. The molecule has 2 saturated heterocycles. The number of hydrogen-bond donors (Lipinski definition) is 2. The van der Waals surface area contributed by atoms with Gasteiger partial charge in [0.15, 0.2) is 0 Å². The van der Waals surface area contributed by atoms with Gasteiger partial charge in [-0.1, -0.05) is 12.1 Å². The van der Waals surface area contributed by atoms with E-state index >= 15 is 0 Å². The average molecular weight is 284 g/mol. The normalized spacial score (nSPS) is 24.5. The molecule has 5 nitrogen and oxygen atoms in total. The Morgan fingerprint density at radius 1 is 1.29 bits per heavy atom. The number of likely N-dealkylation sites (tertiary alicyclic amines) is 1. The molecular formula is C16H20N4O. The molecule has 1 aromatic rings. The summed E-state index contributed by atoms with van der Waals surface area (Å²) in [5, 5.41) is 15.0. The fraction of sp³-hybridized carbons (Fsp3) is 0.500. The lowest BCUT2D eigenvalue weighted by molar-refractivity contribution is -0.117. The topological polar surface area (TPSA) is 68.2 Å². The van der Waals surface area contributed by atoms with Gasteiger partial charge in [-0.2, -0.15) is 5.26 Å². The molecule has 0 bridgehead atoms. The molecule has 2 aliphatic rings. The number of anilines is 1. The largest absolute Gasteiger partial charge is 0.325 e. The molecule has 21 heavy (non-hydrogen) atoms. The molecule has 2 atom stereocenters. The van der Waals surface area contributed by atoms with Crippen molar-refractivity contribution in [3.8, 4) is 6.07 Å². The number of benzene rings is 1. The molecule has 0 spiro atoms. The van der Waals surface area contributed by atoms with Gasteiger partial charge in [0, 0.05) is 18.8 Å². The summed E-state index contributed by atoms with van der Waals surface area (Å²) in [5.41, 5.74) is 1.76. The van der Waals surface area contributed by atoms with E-state index in [2.05, 4.69) is 21.6 Å². The second-order valence-electron chi connectivity index (χ2n) is 5.95. The third-order valence-corrected chi connectivity index (χ3v) is 4.35. The van der Waals surface area contributed by atoms with E-state index in [4.69, 9.17) is 5.26 Å². The van der Waals surface area contributed by atoms with Gasteiger partial charge in [0.05, 0.1) is 19.0 Å². The van der Waals surface area contributed by atoms with Crippen molar-refractivity contribution < 1.29 is 4.79 Å². The van der Waals surface area contributed by atoms with Crippen molar-refractivity contribution in [1.29, 1.82) is 5.26 Å². The predicted octanol–water partition coefficient (Wildman–Crippen LogP) is 0.842. The summed E-state index contributed by atoms with van der Waals surface area (Å²) in [6, 6.07) is 9.58. The van der Waals surface area contributed by atoms with E-state index in [1.165, 1.54) is 0 Å². The van der Waals surface area contributed by atoms with E-state index in [0.717, 1.165) is 37.4 Å². The van der Waals surface area contributed by atoms with Gasteiger partial charge in [0.25, 0.3) is 0 Å². The Balaban J connectivity index is 1.49. The van der Waals surface area contributed by atoms with Crippen molar-refractivity contribution in [3.63, 3.8) is 0 Å². The summed E-state index contributed by atoms with van der Waals surface area (Å²) in [7, 11) is 0. The second kappa shape index (κ2) is 6.25. The highest BCUT2D eigenvalue weighted by molar-refractivity contribution is 5.92. The molecule has 0 aliphatic carbocycles. The Kier molecular flexibility index (Phi) is 4.18. The van der Waals surface area contributed by atoms with Crippen LogP contribution >= 0.6 is 0 Å². The van der Waals surface area contributed by atoms with Gasteiger partial charge >= 0.3 is 0 Å². The fourth-order valence-corrected chi connectivity index (χ4v) is 3.28. The van der Waals surface area contributed by atoms with Gasteiger partial charge < -0.3 is 10.6 Å². The Hall–Kier alpha value is -1.90. The molecule has 3 rings (SSSR count). The van der Waals surface area contributed by atoms with Gasteiger partial charge in [0.2, 0.25) is 5.91 Å². The van der Waals surface area contributed by atoms with Gasteiger partial charge in [0.1, 0.15) is 0 Å². The second-order valence-corrected chi connectivity index (χ2v) is 5.95. The number of fused-ring (bicyclic) bond motifs is 1. The first-order valence-electron chi connectivity index (χ1n) is 7.43. The molecule has 2 aliphatic heterocycles. The van der Waals surface area contributed by atoms with Crippen molar-refractivity contribution >= 4 is 11.6 Å². The molecule has 2 N–H and O–H groups in total. The zero-order chi connectivity index (χ0) is 14.7. The lowest BCUT2D eigenvalue weighted by Gasteiger charge is -2.16. The van der Waals surface area contributed by atoms with Crippen LogP contribution in [-0.2, 0) is 11.2 Å². The molecule has 0 aromatic heterocycles. The molecule has 2 fully saturated rings. The number of nitrogens with zero attached hydrogens (tertiary/aromatic N) is 2. The van der Waals surface area contributed by atoms with Gasteiger partial charge in [-0.15, -0.1) is 0 Å². The van der Waals surface area contributed by atoms with Crippen LogP contribution in [0.3, 0.4) is 0 Å². The molecule has 110 valence electrons. The fourth-order valence-electron chi connectivity index (χ4n) is 3.28. The highest BCUT2D eigenvalue weighted by atomic mass is 16.2. The number of amides is 1. The summed E-state index contributed by atoms with van der Waals surface area (Å²) in [5.74, 6) is 1.46. The van der Waals surface area contributed by atoms with Crippen LogP contribution in [0.25, 0.3) is 0 Å². The van der Waals surface area contributed by atoms with Crippen LogP contribution in [0.15, 0.2) is 24.3 Å². The van der Waals surface area contributed by atoms with Gasteiger partial charge in [-0.25, -0.2) is 0 Å². The van der Waals surface area contributed by atoms with Crippen LogP contribution in [0.2, 0.25) is 0 Å². The van der Waals surface area contributed by atoms with Crippen LogP contribution in [0.5, 0.6) is 0 Å². The summed E-state index contributed by atoms with van der Waals surface area (Å²) < 4.78 is 0. The summed E-state index contributed by atoms with van der Waals surface area (Å²) in [4.78, 5) is 14.3. The molecule has 0 radical (unpaired) electrons. The van der Waals surface area contributed by atoms with E-state index in [1.807, 2.05) is 24.3 Å². The van der Waals surface area contributed by atoms with E-state index in [1.54, 1.807) is 0 Å². The first kappa shape index (κ1) is 14.1. The Bertz CT molecular complexity index is 536. The van der Waals surface area contributed by atoms with Crippen LogP contribution in [0.4, 0.5) is 5.69 Å². The molecule has 1 aromatic carbocycles. The Morgan fingerprint density at radius 2 is 1.95 bits per heavy atom. The smallest absolute Gasteiger partial charge is 0.238 e. The Morgan fingerprint density at radius 3 is 2.57 bits per heavy atom. The first-order chi connectivity index (χ1) is 10.2. The SMILES string of the molecule is N#CCc1ccc(NC(=O)CN2CC3CNCC3C2)cc1. The molecular weight excluding hydrogens is 264 g/mol. The van der Waals surface area contributed by atoms with Crippen LogP contribution in [-0.4, -0.2) is 43.5 Å². The molecule has 0 saturated carbocycles. The molecule has 1 amide bonds. The third-order valence-electron chi connectivity index (χ3n) is 4.35. The number of rotatable bonds is 4. The number of carbonyl (C=O) groups is 1. The molecule has 2 unspecified atom stereocenters. The first-order valence-corrected chi connectivity index (χ1v) is 7.43. The maximum atomic E-state index is 12.1. The van der Waals surface area contributed by atoms with E-state index < -0.39 is 0 Å². The zero-order valence-corrected chi connectivity index (χ0v) is 12.0. The predicted molar refractivity (Wildman–Crippen MR) is 80.7 cm³/mol. The highest BCUT2D eigenvalue weighted by Gasteiger charge is 2.36. The van der Waals surface area contributed by atoms with Crippen molar-refractivity contribution in [1.82, 2.24) is 10.2 Å². The minimum absolute atomic E-state index is 0.0379. The zero-order valence-electron chi connectivity index (χ0n) is 12.0. The number of hydrogen-bond acceptors (Lipinski definition) is 4. The van der Waals surface area contributed by atoms with Crippen LogP contribution in [0.1, 0.15) is 5.56 Å². The maximum absolute atomic E-state index is 12.1. The highest BCUT2D eigenvalue weighted by Crippen LogP contribution is 2.25. The lowest BCUT2D eigenvalue weighted by atomic mass is 10.0. The Labute approximate surface area is 124 Å². The summed E-state index contributed by atoms with van der Waals surface area (Å²) >= 11 is 0. The summed E-state index contributed by atoms with van der Waals surface area (Å²) in [6.45, 7) is 4.68. The van der Waals surface area contributed by atoms with E-state index in [0.29, 0.717) is 24.8 Å². The minimum Gasteiger partial charge on any atom is -0.325 e. The minimum atomic E-state index is 0.0379. The molecule has 5 heteroatoms. The van der Waals surface area contributed by atoms with E-state index in [9.17, 15) is 4.79 Å². The number of carbonyl (C=O) groups excluding carboxylic acids is 1. The van der Waals surface area contributed by atoms with Crippen molar-refractivity contribution in [2.75, 3.05) is 38.0 Å². The average Bonchev–Trinajstić information content (AvgIpc) is 3.02. The molecule has 2 heterocycles. The van der Waals surface area contributed by atoms with Gasteiger partial charge in [-0.3, -0.25) is 9.69 Å². The van der Waals surface area contributed by atoms with E-state index in [-0.39, 0.29) is 5.91 Å². The van der Waals surface area contributed by atoms with Crippen molar-refractivity contribution in [3.05, 3.63) is 29.8 Å². The van der Waals surface area contributed by atoms with Crippen molar-refractivity contribution in [2.24, 2.45) is 11.8 Å². The van der Waals surface area contributed by atoms with Crippen LogP contribution < -0.4 is 10.6 Å².